The quantitative estimate of drug-likeness (QED) is 0.603. The molecule has 8 heteroatoms. The maximum atomic E-state index is 12.3. The van der Waals surface area contributed by atoms with Crippen LogP contribution in [0.15, 0.2) is 0 Å². The Labute approximate surface area is 109 Å². The largest absolute Gasteiger partial charge is 0.395 e. The molecule has 0 spiro atoms. The van der Waals surface area contributed by atoms with Crippen LogP contribution < -0.4 is 11.1 Å². The van der Waals surface area contributed by atoms with Gasteiger partial charge in [-0.25, -0.2) is 0 Å². The van der Waals surface area contributed by atoms with E-state index in [-0.39, 0.29) is 17.9 Å². The molecule has 1 atom stereocenters. The van der Waals surface area contributed by atoms with Crippen LogP contribution in [0.1, 0.15) is 29.5 Å². The van der Waals surface area contributed by atoms with Gasteiger partial charge in [-0.2, -0.15) is 5.10 Å². The lowest BCUT2D eigenvalue weighted by Crippen LogP contribution is -2.59. The number of nitrogen functional groups attached to an aromatic ring is 1. The number of aromatic amines is 1. The molecule has 1 aliphatic rings. The Bertz CT molecular complexity index is 551. The van der Waals surface area contributed by atoms with E-state index in [9.17, 15) is 14.4 Å². The molecule has 1 fully saturated rings. The number of rotatable bonds is 2. The normalized spacial score (nSPS) is 19.5. The third kappa shape index (κ3) is 2.16. The third-order valence-electron chi connectivity index (χ3n) is 3.10. The first-order valence-corrected chi connectivity index (χ1v) is 5.90. The zero-order valence-corrected chi connectivity index (χ0v) is 10.7. The van der Waals surface area contributed by atoms with E-state index in [2.05, 4.69) is 15.5 Å². The Kier molecular flexibility index (Phi) is 3.24. The number of amides is 3. The summed E-state index contributed by atoms with van der Waals surface area (Å²) in [5.74, 6) is -1.50. The molecule has 1 aromatic rings. The first-order chi connectivity index (χ1) is 8.95. The van der Waals surface area contributed by atoms with Gasteiger partial charge in [0.05, 0.1) is 11.4 Å². The Morgan fingerprint density at radius 1 is 1.53 bits per heavy atom. The summed E-state index contributed by atoms with van der Waals surface area (Å²) in [7, 11) is 0. The van der Waals surface area contributed by atoms with E-state index in [1.54, 1.807) is 13.8 Å². The maximum absolute atomic E-state index is 12.3. The van der Waals surface area contributed by atoms with Crippen LogP contribution in [0.4, 0.5) is 5.69 Å². The van der Waals surface area contributed by atoms with E-state index in [4.69, 9.17) is 5.73 Å². The second-order valence-electron chi connectivity index (χ2n) is 4.38. The number of carbonyl (C=O) groups is 3. The monoisotopic (exact) mass is 265 g/mol. The van der Waals surface area contributed by atoms with Gasteiger partial charge in [0.15, 0.2) is 5.69 Å². The van der Waals surface area contributed by atoms with Gasteiger partial charge < -0.3 is 10.6 Å². The molecule has 0 aromatic carbocycles. The zero-order chi connectivity index (χ0) is 14.2. The topological polar surface area (TPSA) is 121 Å². The number of piperazine rings is 1. The molecular formula is C11H15N5O3. The van der Waals surface area contributed by atoms with Crippen molar-refractivity contribution in [2.45, 2.75) is 26.3 Å². The summed E-state index contributed by atoms with van der Waals surface area (Å²) in [5, 5.41) is 8.63. The van der Waals surface area contributed by atoms with Crippen molar-refractivity contribution in [1.82, 2.24) is 20.4 Å². The highest BCUT2D eigenvalue weighted by atomic mass is 16.2. The van der Waals surface area contributed by atoms with Gasteiger partial charge in [0.2, 0.25) is 11.8 Å². The van der Waals surface area contributed by atoms with Crippen molar-refractivity contribution in [2.24, 2.45) is 0 Å². The SMILES string of the molecule is CCC1C(=O)NC(=O)CN1C(=O)c1n[nH]c(C)c1N. The Morgan fingerprint density at radius 3 is 2.74 bits per heavy atom. The van der Waals surface area contributed by atoms with Gasteiger partial charge >= 0.3 is 0 Å². The predicted octanol–water partition coefficient (Wildman–Crippen LogP) is -0.822. The van der Waals surface area contributed by atoms with E-state index in [1.165, 1.54) is 4.90 Å². The molecule has 2 rings (SSSR count). The lowest BCUT2D eigenvalue weighted by Gasteiger charge is -2.32. The van der Waals surface area contributed by atoms with Crippen molar-refractivity contribution in [2.75, 3.05) is 12.3 Å². The number of hydrogen-bond donors (Lipinski definition) is 3. The molecule has 4 N–H and O–H groups in total. The van der Waals surface area contributed by atoms with Gasteiger partial charge in [-0.1, -0.05) is 6.92 Å². The van der Waals surface area contributed by atoms with Gasteiger partial charge in [-0.05, 0) is 13.3 Å². The number of aryl methyl sites for hydroxylation is 1. The minimum atomic E-state index is -0.679. The summed E-state index contributed by atoms with van der Waals surface area (Å²) >= 11 is 0. The van der Waals surface area contributed by atoms with Crippen LogP contribution in [0.25, 0.3) is 0 Å². The van der Waals surface area contributed by atoms with Crippen LogP contribution in [0.5, 0.6) is 0 Å². The Balaban J connectivity index is 2.33. The van der Waals surface area contributed by atoms with Crippen molar-refractivity contribution in [1.29, 1.82) is 0 Å². The van der Waals surface area contributed by atoms with Crippen LogP contribution in [-0.2, 0) is 9.59 Å². The minimum absolute atomic E-state index is 0.0402. The standard InChI is InChI=1S/C11H15N5O3/c1-3-6-10(18)13-7(17)4-16(6)11(19)9-8(12)5(2)14-15-9/h6H,3-4,12H2,1-2H3,(H,14,15)(H,13,17,18). The fourth-order valence-corrected chi connectivity index (χ4v) is 2.02. The van der Waals surface area contributed by atoms with Crippen LogP contribution in [0.3, 0.4) is 0 Å². The summed E-state index contributed by atoms with van der Waals surface area (Å²) in [6, 6.07) is -0.679. The van der Waals surface area contributed by atoms with Crippen LogP contribution in [-0.4, -0.2) is 45.4 Å². The smallest absolute Gasteiger partial charge is 0.277 e. The summed E-state index contributed by atoms with van der Waals surface area (Å²) in [5.41, 5.74) is 6.59. The van der Waals surface area contributed by atoms with Gasteiger partial charge in [0.25, 0.3) is 5.91 Å². The molecule has 0 bridgehead atoms. The number of nitrogens with two attached hydrogens (primary N) is 1. The average Bonchev–Trinajstić information content (AvgIpc) is 2.68. The number of imide groups is 1. The highest BCUT2D eigenvalue weighted by Gasteiger charge is 2.37. The first kappa shape index (κ1) is 13.1. The molecule has 2 heterocycles. The van der Waals surface area contributed by atoms with E-state index in [0.29, 0.717) is 12.1 Å². The predicted molar refractivity (Wildman–Crippen MR) is 66.0 cm³/mol. The Morgan fingerprint density at radius 2 is 2.21 bits per heavy atom. The highest BCUT2D eigenvalue weighted by molar-refractivity contribution is 6.08. The molecule has 0 radical (unpaired) electrons. The molecule has 1 aliphatic heterocycles. The molecule has 1 saturated heterocycles. The first-order valence-electron chi connectivity index (χ1n) is 5.90. The second kappa shape index (κ2) is 4.71. The van der Waals surface area contributed by atoms with E-state index in [0.717, 1.165) is 0 Å². The van der Waals surface area contributed by atoms with Crippen molar-refractivity contribution < 1.29 is 14.4 Å². The molecular weight excluding hydrogens is 250 g/mol. The molecule has 3 amide bonds. The number of nitrogens with zero attached hydrogens (tertiary/aromatic N) is 2. The summed E-state index contributed by atoms with van der Waals surface area (Å²) in [6.07, 6.45) is 0.411. The fraction of sp³-hybridized carbons (Fsp3) is 0.455. The number of carbonyl (C=O) groups excluding carboxylic acids is 3. The van der Waals surface area contributed by atoms with Gasteiger partial charge in [-0.15, -0.1) is 0 Å². The van der Waals surface area contributed by atoms with Crippen molar-refractivity contribution in [3.63, 3.8) is 0 Å². The number of aromatic nitrogens is 2. The third-order valence-corrected chi connectivity index (χ3v) is 3.10. The fourth-order valence-electron chi connectivity index (χ4n) is 2.02. The minimum Gasteiger partial charge on any atom is -0.395 e. The summed E-state index contributed by atoms with van der Waals surface area (Å²) in [4.78, 5) is 36.6. The molecule has 0 aliphatic carbocycles. The average molecular weight is 265 g/mol. The molecule has 0 saturated carbocycles. The molecule has 1 unspecified atom stereocenters. The summed E-state index contributed by atoms with van der Waals surface area (Å²) < 4.78 is 0. The zero-order valence-electron chi connectivity index (χ0n) is 10.7. The number of H-pyrrole nitrogens is 1. The van der Waals surface area contributed by atoms with Crippen molar-refractivity contribution in [3.8, 4) is 0 Å². The highest BCUT2D eigenvalue weighted by Crippen LogP contribution is 2.18. The number of hydrogen-bond acceptors (Lipinski definition) is 5. The number of anilines is 1. The van der Waals surface area contributed by atoms with Gasteiger partial charge in [0.1, 0.15) is 12.6 Å². The summed E-state index contributed by atoms with van der Waals surface area (Å²) in [6.45, 7) is 3.28. The molecule has 1 aromatic heterocycles. The van der Waals surface area contributed by atoms with E-state index in [1.807, 2.05) is 0 Å². The molecule has 102 valence electrons. The lowest BCUT2D eigenvalue weighted by atomic mass is 10.1. The van der Waals surface area contributed by atoms with Crippen molar-refractivity contribution >= 4 is 23.4 Å². The van der Waals surface area contributed by atoms with Crippen molar-refractivity contribution in [3.05, 3.63) is 11.4 Å². The van der Waals surface area contributed by atoms with E-state index >= 15 is 0 Å². The molecule has 8 nitrogen and oxygen atoms in total. The van der Waals surface area contributed by atoms with Gasteiger partial charge in [0, 0.05) is 0 Å². The van der Waals surface area contributed by atoms with E-state index < -0.39 is 23.8 Å². The molecule has 19 heavy (non-hydrogen) atoms. The lowest BCUT2D eigenvalue weighted by molar-refractivity contribution is -0.138. The second-order valence-corrected chi connectivity index (χ2v) is 4.38. The van der Waals surface area contributed by atoms with Crippen LogP contribution in [0, 0.1) is 6.92 Å². The van der Waals surface area contributed by atoms with Gasteiger partial charge in [-0.3, -0.25) is 24.8 Å². The maximum Gasteiger partial charge on any atom is 0.277 e. The number of nitrogens with one attached hydrogen (secondary N) is 2. The van der Waals surface area contributed by atoms with Crippen LogP contribution in [0.2, 0.25) is 0 Å². The Hall–Kier alpha value is -2.38. The van der Waals surface area contributed by atoms with Crippen LogP contribution >= 0.6 is 0 Å².